The lowest BCUT2D eigenvalue weighted by Crippen LogP contribution is -1.93. The third kappa shape index (κ3) is 2.39. The van der Waals surface area contributed by atoms with Crippen molar-refractivity contribution in [1.29, 1.82) is 5.26 Å². The van der Waals surface area contributed by atoms with E-state index in [1.807, 2.05) is 28.7 Å². The molecule has 0 aliphatic rings. The highest BCUT2D eigenvalue weighted by atomic mass is 127. The summed E-state index contributed by atoms with van der Waals surface area (Å²) < 4.78 is 0.587. The SMILES string of the molecule is N#CCc1ccc(I)c([N+](=O)[O-])c1. The number of rotatable bonds is 2. The molecule has 0 saturated heterocycles. The van der Waals surface area contributed by atoms with Gasteiger partial charge in [0, 0.05) is 6.07 Å². The van der Waals surface area contributed by atoms with Crippen molar-refractivity contribution < 1.29 is 4.92 Å². The molecule has 0 unspecified atom stereocenters. The van der Waals surface area contributed by atoms with Gasteiger partial charge in [-0.1, -0.05) is 6.07 Å². The van der Waals surface area contributed by atoms with Gasteiger partial charge in [0.2, 0.25) is 0 Å². The largest absolute Gasteiger partial charge is 0.282 e. The van der Waals surface area contributed by atoms with E-state index in [-0.39, 0.29) is 12.1 Å². The van der Waals surface area contributed by atoms with Crippen molar-refractivity contribution in [3.63, 3.8) is 0 Å². The number of nitro benzene ring substituents is 1. The first-order valence-electron chi connectivity index (χ1n) is 3.45. The van der Waals surface area contributed by atoms with Crippen LogP contribution in [-0.2, 0) is 6.42 Å². The molecule has 5 heteroatoms. The third-order valence-electron chi connectivity index (χ3n) is 1.49. The van der Waals surface area contributed by atoms with Gasteiger partial charge in [0.1, 0.15) is 0 Å². The number of nitrogens with zero attached hydrogens (tertiary/aromatic N) is 2. The maximum absolute atomic E-state index is 10.5. The van der Waals surface area contributed by atoms with Crippen molar-refractivity contribution in [2.75, 3.05) is 0 Å². The van der Waals surface area contributed by atoms with Crippen LogP contribution in [0.4, 0.5) is 5.69 Å². The molecule has 0 aliphatic carbocycles. The number of hydrogen-bond donors (Lipinski definition) is 0. The Morgan fingerprint density at radius 3 is 2.85 bits per heavy atom. The Balaban J connectivity index is 3.13. The van der Waals surface area contributed by atoms with E-state index in [1.165, 1.54) is 6.07 Å². The van der Waals surface area contributed by atoms with Gasteiger partial charge in [-0.2, -0.15) is 5.26 Å². The summed E-state index contributed by atoms with van der Waals surface area (Å²) in [6.45, 7) is 0. The van der Waals surface area contributed by atoms with Gasteiger partial charge in [-0.25, -0.2) is 0 Å². The summed E-state index contributed by atoms with van der Waals surface area (Å²) in [5.74, 6) is 0. The van der Waals surface area contributed by atoms with Crippen LogP contribution in [0.15, 0.2) is 18.2 Å². The van der Waals surface area contributed by atoms with E-state index in [9.17, 15) is 10.1 Å². The minimum Gasteiger partial charge on any atom is -0.258 e. The molecular formula is C8H5IN2O2. The van der Waals surface area contributed by atoms with Crippen LogP contribution in [0.3, 0.4) is 0 Å². The molecule has 0 bridgehead atoms. The third-order valence-corrected chi connectivity index (χ3v) is 2.40. The maximum atomic E-state index is 10.5. The number of hydrogen-bond acceptors (Lipinski definition) is 3. The molecular weight excluding hydrogens is 283 g/mol. The average Bonchev–Trinajstić information content (AvgIpc) is 2.08. The fourth-order valence-corrected chi connectivity index (χ4v) is 1.43. The van der Waals surface area contributed by atoms with Crippen LogP contribution in [0.25, 0.3) is 0 Å². The molecule has 0 fully saturated rings. The summed E-state index contributed by atoms with van der Waals surface area (Å²) >= 11 is 1.90. The molecule has 66 valence electrons. The molecule has 0 aromatic heterocycles. The number of halogens is 1. The van der Waals surface area contributed by atoms with Crippen molar-refractivity contribution in [2.24, 2.45) is 0 Å². The van der Waals surface area contributed by atoms with Gasteiger partial charge in [0.15, 0.2) is 0 Å². The van der Waals surface area contributed by atoms with Gasteiger partial charge in [-0.15, -0.1) is 0 Å². The summed E-state index contributed by atoms with van der Waals surface area (Å²) in [5.41, 5.74) is 0.739. The van der Waals surface area contributed by atoms with E-state index >= 15 is 0 Å². The maximum Gasteiger partial charge on any atom is 0.282 e. The molecule has 0 heterocycles. The highest BCUT2D eigenvalue weighted by Gasteiger charge is 2.11. The fraction of sp³-hybridized carbons (Fsp3) is 0.125. The lowest BCUT2D eigenvalue weighted by Gasteiger charge is -1.97. The van der Waals surface area contributed by atoms with Crippen LogP contribution < -0.4 is 0 Å². The zero-order chi connectivity index (χ0) is 9.84. The molecule has 0 spiro atoms. The van der Waals surface area contributed by atoms with E-state index in [2.05, 4.69) is 0 Å². The Hall–Kier alpha value is -1.16. The summed E-state index contributed by atoms with van der Waals surface area (Å²) in [7, 11) is 0. The van der Waals surface area contributed by atoms with Crippen molar-refractivity contribution in [3.8, 4) is 6.07 Å². The van der Waals surface area contributed by atoms with Gasteiger partial charge in [0.05, 0.1) is 21.0 Å². The quantitative estimate of drug-likeness (QED) is 0.476. The molecule has 1 rings (SSSR count). The second-order valence-corrected chi connectivity index (χ2v) is 3.54. The minimum atomic E-state index is -0.442. The van der Waals surface area contributed by atoms with Crippen molar-refractivity contribution in [2.45, 2.75) is 6.42 Å². The molecule has 0 N–H and O–H groups in total. The Bertz CT molecular complexity index is 384. The van der Waals surface area contributed by atoms with Crippen LogP contribution in [0.5, 0.6) is 0 Å². The van der Waals surface area contributed by atoms with Gasteiger partial charge >= 0.3 is 0 Å². The van der Waals surface area contributed by atoms with E-state index in [1.54, 1.807) is 12.1 Å². The van der Waals surface area contributed by atoms with Crippen LogP contribution in [0.2, 0.25) is 0 Å². The lowest BCUT2D eigenvalue weighted by atomic mass is 10.1. The Morgan fingerprint density at radius 1 is 1.62 bits per heavy atom. The molecule has 0 amide bonds. The zero-order valence-corrected chi connectivity index (χ0v) is 8.69. The molecule has 0 saturated carbocycles. The lowest BCUT2D eigenvalue weighted by molar-refractivity contribution is -0.385. The Kier molecular flexibility index (Phi) is 3.19. The minimum absolute atomic E-state index is 0.0633. The van der Waals surface area contributed by atoms with Gasteiger partial charge < -0.3 is 0 Å². The number of nitriles is 1. The highest BCUT2D eigenvalue weighted by Crippen LogP contribution is 2.21. The highest BCUT2D eigenvalue weighted by molar-refractivity contribution is 14.1. The number of nitro groups is 1. The monoisotopic (exact) mass is 288 g/mol. The molecule has 0 aliphatic heterocycles. The molecule has 0 atom stereocenters. The zero-order valence-electron chi connectivity index (χ0n) is 6.53. The van der Waals surface area contributed by atoms with Crippen molar-refractivity contribution in [3.05, 3.63) is 37.4 Å². The Labute approximate surface area is 88.5 Å². The smallest absolute Gasteiger partial charge is 0.258 e. The average molecular weight is 288 g/mol. The topological polar surface area (TPSA) is 66.9 Å². The molecule has 13 heavy (non-hydrogen) atoms. The van der Waals surface area contributed by atoms with Crippen molar-refractivity contribution in [1.82, 2.24) is 0 Å². The van der Waals surface area contributed by atoms with E-state index in [0.717, 1.165) is 0 Å². The first-order chi connectivity index (χ1) is 6.15. The van der Waals surface area contributed by atoms with Crippen LogP contribution in [-0.4, -0.2) is 4.92 Å². The molecule has 0 radical (unpaired) electrons. The second-order valence-electron chi connectivity index (χ2n) is 2.38. The van der Waals surface area contributed by atoms with E-state index in [4.69, 9.17) is 5.26 Å². The normalized spacial score (nSPS) is 9.23. The second kappa shape index (κ2) is 4.18. The predicted molar refractivity (Wildman–Crippen MR) is 55.1 cm³/mol. The van der Waals surface area contributed by atoms with Gasteiger partial charge in [-0.3, -0.25) is 10.1 Å². The van der Waals surface area contributed by atoms with Crippen LogP contribution in [0, 0.1) is 25.0 Å². The Morgan fingerprint density at radius 2 is 2.31 bits per heavy atom. The summed E-state index contributed by atoms with van der Waals surface area (Å²) in [6.07, 6.45) is 0.206. The predicted octanol–water partition coefficient (Wildman–Crippen LogP) is 2.27. The molecule has 1 aromatic rings. The summed E-state index contributed by atoms with van der Waals surface area (Å²) in [4.78, 5) is 10.1. The van der Waals surface area contributed by atoms with Gasteiger partial charge in [0.25, 0.3) is 5.69 Å². The fourth-order valence-electron chi connectivity index (χ4n) is 0.899. The molecule has 4 nitrogen and oxygen atoms in total. The van der Waals surface area contributed by atoms with E-state index in [0.29, 0.717) is 9.13 Å². The standard InChI is InChI=1S/C8H5IN2O2/c9-7-2-1-6(3-4-10)5-8(7)11(12)13/h1-2,5H,3H2. The van der Waals surface area contributed by atoms with Crippen LogP contribution >= 0.6 is 22.6 Å². The molecule has 1 aromatic carbocycles. The summed E-state index contributed by atoms with van der Waals surface area (Å²) in [6, 6.07) is 6.74. The van der Waals surface area contributed by atoms with Crippen molar-refractivity contribution >= 4 is 28.3 Å². The van der Waals surface area contributed by atoms with Gasteiger partial charge in [-0.05, 0) is 34.2 Å². The van der Waals surface area contributed by atoms with E-state index < -0.39 is 4.92 Å². The van der Waals surface area contributed by atoms with Crippen LogP contribution in [0.1, 0.15) is 5.56 Å². The number of benzene rings is 1. The summed E-state index contributed by atoms with van der Waals surface area (Å²) in [5, 5.41) is 18.9. The first kappa shape index (κ1) is 9.92. The first-order valence-corrected chi connectivity index (χ1v) is 4.53.